The Hall–Kier alpha value is -1.72. The molecule has 1 aromatic carbocycles. The molecule has 0 bridgehead atoms. The Morgan fingerprint density at radius 2 is 2.00 bits per heavy atom. The van der Waals surface area contributed by atoms with Crippen LogP contribution >= 0.6 is 0 Å². The summed E-state index contributed by atoms with van der Waals surface area (Å²) in [6.45, 7) is 1.59. The molecule has 0 unspecified atom stereocenters. The summed E-state index contributed by atoms with van der Waals surface area (Å²) in [5.41, 5.74) is 0.417. The number of carbonyl (C=O) groups is 1. The highest BCUT2D eigenvalue weighted by atomic mass is 19.4. The molecular formula is C9H8F3NO2. The molecule has 0 fully saturated rings. The van der Waals surface area contributed by atoms with Crippen LogP contribution in [0.4, 0.5) is 18.9 Å². The summed E-state index contributed by atoms with van der Waals surface area (Å²) in [4.78, 5) is 10.5. The fourth-order valence-electron chi connectivity index (χ4n) is 0.889. The van der Waals surface area contributed by atoms with Gasteiger partial charge < -0.3 is 10.4 Å². The van der Waals surface area contributed by atoms with Crippen molar-refractivity contribution in [1.82, 2.24) is 0 Å². The SMILES string of the molecule is Cc1ccc(NC(=O)C(F)(F)F)cc1O. The summed E-state index contributed by atoms with van der Waals surface area (Å²) in [6.07, 6.45) is -4.93. The molecule has 0 saturated heterocycles. The third kappa shape index (κ3) is 2.87. The summed E-state index contributed by atoms with van der Waals surface area (Å²) >= 11 is 0. The molecule has 82 valence electrons. The first-order chi connectivity index (χ1) is 6.80. The molecule has 0 aliphatic heterocycles. The number of benzene rings is 1. The smallest absolute Gasteiger partial charge is 0.471 e. The van der Waals surface area contributed by atoms with Crippen molar-refractivity contribution in [1.29, 1.82) is 0 Å². The quantitative estimate of drug-likeness (QED) is 0.760. The van der Waals surface area contributed by atoms with Crippen LogP contribution in [-0.4, -0.2) is 17.2 Å². The number of amides is 1. The van der Waals surface area contributed by atoms with Crippen LogP contribution in [-0.2, 0) is 4.79 Å². The van der Waals surface area contributed by atoms with Crippen molar-refractivity contribution in [2.45, 2.75) is 13.1 Å². The fraction of sp³-hybridized carbons (Fsp3) is 0.222. The number of alkyl halides is 3. The highest BCUT2D eigenvalue weighted by Gasteiger charge is 2.38. The van der Waals surface area contributed by atoms with Crippen molar-refractivity contribution in [2.24, 2.45) is 0 Å². The first kappa shape index (κ1) is 11.4. The zero-order valence-corrected chi connectivity index (χ0v) is 7.72. The van der Waals surface area contributed by atoms with Crippen LogP contribution < -0.4 is 5.32 Å². The minimum atomic E-state index is -4.93. The maximum atomic E-state index is 11.8. The van der Waals surface area contributed by atoms with E-state index >= 15 is 0 Å². The average Bonchev–Trinajstić information content (AvgIpc) is 2.10. The number of halogens is 3. The molecule has 2 N–H and O–H groups in total. The molecule has 0 heterocycles. The van der Waals surface area contributed by atoms with Crippen LogP contribution in [0.5, 0.6) is 5.75 Å². The zero-order valence-electron chi connectivity index (χ0n) is 7.72. The maximum Gasteiger partial charge on any atom is 0.471 e. The molecule has 0 radical (unpaired) electrons. The third-order valence-electron chi connectivity index (χ3n) is 1.72. The number of phenolic OH excluding ortho intramolecular Hbond substituents is 1. The molecule has 0 saturated carbocycles. The van der Waals surface area contributed by atoms with Crippen molar-refractivity contribution in [2.75, 3.05) is 5.32 Å². The highest BCUT2D eigenvalue weighted by molar-refractivity contribution is 5.95. The average molecular weight is 219 g/mol. The van der Waals surface area contributed by atoms with E-state index in [1.807, 2.05) is 0 Å². The highest BCUT2D eigenvalue weighted by Crippen LogP contribution is 2.23. The van der Waals surface area contributed by atoms with Crippen LogP contribution in [0.2, 0.25) is 0 Å². The number of carbonyl (C=O) groups excluding carboxylic acids is 1. The van der Waals surface area contributed by atoms with Gasteiger partial charge in [-0.25, -0.2) is 0 Å². The Bertz CT molecular complexity index is 387. The molecule has 3 nitrogen and oxygen atoms in total. The van der Waals surface area contributed by atoms with Crippen molar-refractivity contribution < 1.29 is 23.1 Å². The van der Waals surface area contributed by atoms with Gasteiger partial charge in [0.2, 0.25) is 0 Å². The molecule has 0 atom stereocenters. The third-order valence-corrected chi connectivity index (χ3v) is 1.72. The molecule has 15 heavy (non-hydrogen) atoms. The summed E-state index contributed by atoms with van der Waals surface area (Å²) in [5.74, 6) is -2.24. The molecule has 0 aliphatic carbocycles. The van der Waals surface area contributed by atoms with Gasteiger partial charge in [-0.3, -0.25) is 4.79 Å². The van der Waals surface area contributed by atoms with E-state index in [9.17, 15) is 23.1 Å². The topological polar surface area (TPSA) is 49.3 Å². The number of hydrogen-bond donors (Lipinski definition) is 2. The zero-order chi connectivity index (χ0) is 11.6. The van der Waals surface area contributed by atoms with Gasteiger partial charge in [-0.1, -0.05) is 6.07 Å². The Morgan fingerprint density at radius 3 is 2.47 bits per heavy atom. The largest absolute Gasteiger partial charge is 0.508 e. The van der Waals surface area contributed by atoms with Crippen molar-refractivity contribution in [3.05, 3.63) is 23.8 Å². The predicted molar refractivity (Wildman–Crippen MR) is 47.5 cm³/mol. The van der Waals surface area contributed by atoms with Crippen molar-refractivity contribution in [3.8, 4) is 5.75 Å². The van der Waals surface area contributed by atoms with Gasteiger partial charge in [-0.05, 0) is 18.6 Å². The fourth-order valence-corrected chi connectivity index (χ4v) is 0.889. The molecule has 0 spiro atoms. The van der Waals surface area contributed by atoms with Crippen LogP contribution in [0.3, 0.4) is 0 Å². The van der Waals surface area contributed by atoms with Gasteiger partial charge in [0.15, 0.2) is 0 Å². The van der Waals surface area contributed by atoms with Crippen molar-refractivity contribution >= 4 is 11.6 Å². The first-order valence-corrected chi connectivity index (χ1v) is 3.98. The van der Waals surface area contributed by atoms with E-state index < -0.39 is 12.1 Å². The Labute approximate surface area is 83.5 Å². The van der Waals surface area contributed by atoms with Crippen LogP contribution in [0.1, 0.15) is 5.56 Å². The summed E-state index contributed by atoms with van der Waals surface area (Å²) in [6, 6.07) is 3.74. The lowest BCUT2D eigenvalue weighted by atomic mass is 10.2. The van der Waals surface area contributed by atoms with Crippen LogP contribution in [0.15, 0.2) is 18.2 Å². The number of rotatable bonds is 1. The van der Waals surface area contributed by atoms with E-state index in [2.05, 4.69) is 0 Å². The molecule has 0 aliphatic rings. The van der Waals surface area contributed by atoms with Gasteiger partial charge in [0.25, 0.3) is 0 Å². The number of nitrogens with one attached hydrogen (secondary N) is 1. The van der Waals surface area contributed by atoms with Crippen molar-refractivity contribution in [3.63, 3.8) is 0 Å². The Kier molecular flexibility index (Phi) is 2.88. The second kappa shape index (κ2) is 3.80. The summed E-state index contributed by atoms with van der Waals surface area (Å²) in [5, 5.41) is 10.8. The van der Waals surface area contributed by atoms with E-state index in [1.165, 1.54) is 12.1 Å². The summed E-state index contributed by atoms with van der Waals surface area (Å²) in [7, 11) is 0. The lowest BCUT2D eigenvalue weighted by Gasteiger charge is -2.08. The van der Waals surface area contributed by atoms with Gasteiger partial charge in [0.1, 0.15) is 5.75 Å². The number of anilines is 1. The van der Waals surface area contributed by atoms with Crippen LogP contribution in [0, 0.1) is 6.92 Å². The second-order valence-corrected chi connectivity index (χ2v) is 2.95. The monoisotopic (exact) mass is 219 g/mol. The van der Waals surface area contributed by atoms with E-state index in [-0.39, 0.29) is 11.4 Å². The molecule has 1 aromatic rings. The second-order valence-electron chi connectivity index (χ2n) is 2.95. The van der Waals surface area contributed by atoms with Gasteiger partial charge in [-0.15, -0.1) is 0 Å². The number of aromatic hydroxyl groups is 1. The van der Waals surface area contributed by atoms with E-state index in [4.69, 9.17) is 0 Å². The van der Waals surface area contributed by atoms with Gasteiger partial charge >= 0.3 is 12.1 Å². The molecule has 1 amide bonds. The minimum absolute atomic E-state index is 0.0968. The normalized spacial score (nSPS) is 11.2. The minimum Gasteiger partial charge on any atom is -0.508 e. The van der Waals surface area contributed by atoms with E-state index in [1.54, 1.807) is 12.2 Å². The van der Waals surface area contributed by atoms with Gasteiger partial charge in [0, 0.05) is 11.8 Å². The predicted octanol–water partition coefficient (Wildman–Crippen LogP) is 2.20. The molecule has 1 rings (SSSR count). The molecule has 0 aromatic heterocycles. The standard InChI is InChI=1S/C9H8F3NO2/c1-5-2-3-6(4-7(5)14)13-8(15)9(10,11)12/h2-4,14H,1H3,(H,13,15). The van der Waals surface area contributed by atoms with E-state index in [0.29, 0.717) is 5.56 Å². The lowest BCUT2D eigenvalue weighted by Crippen LogP contribution is -2.29. The van der Waals surface area contributed by atoms with Gasteiger partial charge in [-0.2, -0.15) is 13.2 Å². The van der Waals surface area contributed by atoms with Gasteiger partial charge in [0.05, 0.1) is 0 Å². The van der Waals surface area contributed by atoms with E-state index in [0.717, 1.165) is 6.07 Å². The Morgan fingerprint density at radius 1 is 1.40 bits per heavy atom. The maximum absolute atomic E-state index is 11.8. The number of hydrogen-bond acceptors (Lipinski definition) is 2. The molecule has 6 heteroatoms. The lowest BCUT2D eigenvalue weighted by molar-refractivity contribution is -0.167. The number of phenols is 1. The summed E-state index contributed by atoms with van der Waals surface area (Å²) < 4.78 is 35.5. The first-order valence-electron chi connectivity index (χ1n) is 3.98. The number of aryl methyl sites for hydroxylation is 1. The van der Waals surface area contributed by atoms with Crippen LogP contribution in [0.25, 0.3) is 0 Å². The Balaban J connectivity index is 2.83. The molecular weight excluding hydrogens is 211 g/mol.